The molecule has 1 aromatic carbocycles. The molecule has 0 fully saturated rings. The fraction of sp³-hybridized carbons (Fsp3) is 0.286. The minimum Gasteiger partial charge on any atom is -0.338 e. The van der Waals surface area contributed by atoms with Gasteiger partial charge in [-0.3, -0.25) is 0 Å². The molecule has 0 spiro atoms. The van der Waals surface area contributed by atoms with Crippen LogP contribution in [0, 0.1) is 0 Å². The first-order valence-corrected chi connectivity index (χ1v) is 7.27. The molecule has 4 nitrogen and oxygen atoms in total. The fourth-order valence-corrected chi connectivity index (χ4v) is 2.72. The van der Waals surface area contributed by atoms with Crippen molar-refractivity contribution in [3.63, 3.8) is 0 Å². The van der Waals surface area contributed by atoms with Crippen molar-refractivity contribution in [3.8, 4) is 0 Å². The second-order valence-electron chi connectivity index (χ2n) is 4.65. The smallest absolute Gasteiger partial charge is 0.124 e. The normalized spacial score (nSPS) is 11.3. The van der Waals surface area contributed by atoms with Crippen LogP contribution >= 0.6 is 23.2 Å². The molecule has 0 atom stereocenters. The summed E-state index contributed by atoms with van der Waals surface area (Å²) in [5.74, 6) is 2.28. The maximum absolute atomic E-state index is 6.01. The van der Waals surface area contributed by atoms with Gasteiger partial charge in [-0.1, -0.05) is 11.6 Å². The maximum atomic E-state index is 6.01. The molecule has 0 saturated carbocycles. The zero-order valence-electron chi connectivity index (χ0n) is 11.1. The van der Waals surface area contributed by atoms with E-state index in [1.54, 1.807) is 0 Å². The van der Waals surface area contributed by atoms with Crippen LogP contribution in [0.4, 0.5) is 0 Å². The fourth-order valence-electron chi connectivity index (χ4n) is 2.35. The van der Waals surface area contributed by atoms with Gasteiger partial charge in [-0.25, -0.2) is 9.97 Å². The van der Waals surface area contributed by atoms with Crippen molar-refractivity contribution in [2.24, 2.45) is 7.05 Å². The van der Waals surface area contributed by atoms with E-state index in [0.717, 1.165) is 35.6 Å². The average Bonchev–Trinajstić information content (AvgIpc) is 2.99. The van der Waals surface area contributed by atoms with E-state index in [1.165, 1.54) is 0 Å². The Morgan fingerprint density at radius 3 is 2.80 bits per heavy atom. The van der Waals surface area contributed by atoms with E-state index in [0.29, 0.717) is 10.9 Å². The summed E-state index contributed by atoms with van der Waals surface area (Å²) < 4.78 is 4.16. The molecule has 6 heteroatoms. The molecular formula is C14H14Cl2N4. The Morgan fingerprint density at radius 1 is 1.25 bits per heavy atom. The molecule has 2 aromatic heterocycles. The van der Waals surface area contributed by atoms with Crippen LogP contribution < -0.4 is 0 Å². The van der Waals surface area contributed by atoms with Crippen LogP contribution in [0.15, 0.2) is 30.6 Å². The van der Waals surface area contributed by atoms with Crippen LogP contribution in [0.2, 0.25) is 5.02 Å². The molecule has 3 rings (SSSR count). The Balaban J connectivity index is 1.95. The van der Waals surface area contributed by atoms with Gasteiger partial charge >= 0.3 is 0 Å². The standard InChI is InChI=1S/C14H14Cl2N4/c1-19-7-5-17-13(19)4-6-20-12-3-2-10(16)8-11(12)18-14(20)9-15/h2-3,5,7-8H,4,6,9H2,1H3. The second-order valence-corrected chi connectivity index (χ2v) is 5.35. The molecule has 0 amide bonds. The van der Waals surface area contributed by atoms with Crippen LogP contribution in [0.1, 0.15) is 11.6 Å². The van der Waals surface area contributed by atoms with Gasteiger partial charge in [-0.2, -0.15) is 0 Å². The van der Waals surface area contributed by atoms with E-state index in [4.69, 9.17) is 23.2 Å². The lowest BCUT2D eigenvalue weighted by molar-refractivity contribution is 0.646. The largest absolute Gasteiger partial charge is 0.338 e. The van der Waals surface area contributed by atoms with Gasteiger partial charge in [0.25, 0.3) is 0 Å². The molecule has 104 valence electrons. The number of rotatable bonds is 4. The predicted octanol–water partition coefficient (Wildman–Crippen LogP) is 3.40. The first-order chi connectivity index (χ1) is 9.69. The van der Waals surface area contributed by atoms with Crippen molar-refractivity contribution < 1.29 is 0 Å². The Bertz CT molecular complexity index is 745. The molecule has 0 unspecified atom stereocenters. The summed E-state index contributed by atoms with van der Waals surface area (Å²) in [5, 5.41) is 0.687. The van der Waals surface area contributed by atoms with E-state index in [-0.39, 0.29) is 0 Å². The Kier molecular flexibility index (Phi) is 3.68. The first kappa shape index (κ1) is 13.5. The second kappa shape index (κ2) is 5.46. The Morgan fingerprint density at radius 2 is 2.10 bits per heavy atom. The van der Waals surface area contributed by atoms with Crippen molar-refractivity contribution in [2.75, 3.05) is 0 Å². The van der Waals surface area contributed by atoms with Crippen LogP contribution in [-0.4, -0.2) is 19.1 Å². The molecule has 2 heterocycles. The van der Waals surface area contributed by atoms with Gasteiger partial charge in [-0.05, 0) is 18.2 Å². The maximum Gasteiger partial charge on any atom is 0.124 e. The third-order valence-electron chi connectivity index (χ3n) is 3.39. The number of alkyl halides is 1. The summed E-state index contributed by atoms with van der Waals surface area (Å²) in [4.78, 5) is 8.87. The topological polar surface area (TPSA) is 35.6 Å². The zero-order valence-corrected chi connectivity index (χ0v) is 12.6. The van der Waals surface area contributed by atoms with Crippen molar-refractivity contribution in [1.82, 2.24) is 19.1 Å². The van der Waals surface area contributed by atoms with Gasteiger partial charge < -0.3 is 9.13 Å². The highest BCUT2D eigenvalue weighted by atomic mass is 35.5. The van der Waals surface area contributed by atoms with Gasteiger partial charge in [0.2, 0.25) is 0 Å². The SMILES string of the molecule is Cn1ccnc1CCn1c(CCl)nc2cc(Cl)ccc21. The lowest BCUT2D eigenvalue weighted by Crippen LogP contribution is -2.08. The molecule has 0 radical (unpaired) electrons. The molecule has 0 N–H and O–H groups in total. The van der Waals surface area contributed by atoms with Crippen molar-refractivity contribution in [1.29, 1.82) is 0 Å². The molecule has 0 aliphatic rings. The summed E-state index contributed by atoms with van der Waals surface area (Å²) >= 11 is 12.0. The number of aromatic nitrogens is 4. The lowest BCUT2D eigenvalue weighted by atomic mass is 10.3. The predicted molar refractivity (Wildman–Crippen MR) is 81.2 cm³/mol. The molecule has 0 aliphatic heterocycles. The van der Waals surface area contributed by atoms with Gasteiger partial charge in [0, 0.05) is 37.4 Å². The van der Waals surface area contributed by atoms with Crippen molar-refractivity contribution in [3.05, 3.63) is 47.3 Å². The van der Waals surface area contributed by atoms with E-state index >= 15 is 0 Å². The minimum absolute atomic E-state index is 0.382. The molecule has 3 aromatic rings. The minimum atomic E-state index is 0.382. The summed E-state index contributed by atoms with van der Waals surface area (Å²) in [6.45, 7) is 0.797. The molecule has 0 saturated heterocycles. The number of fused-ring (bicyclic) bond motifs is 1. The summed E-state index contributed by atoms with van der Waals surface area (Å²) in [6.07, 6.45) is 4.59. The van der Waals surface area contributed by atoms with Crippen LogP contribution in [0.5, 0.6) is 0 Å². The zero-order chi connectivity index (χ0) is 14.1. The summed E-state index contributed by atoms with van der Waals surface area (Å²) in [6, 6.07) is 5.73. The van der Waals surface area contributed by atoms with Crippen LogP contribution in [-0.2, 0) is 25.9 Å². The highest BCUT2D eigenvalue weighted by Gasteiger charge is 2.11. The van der Waals surface area contributed by atoms with Crippen molar-refractivity contribution >= 4 is 34.2 Å². The number of hydrogen-bond acceptors (Lipinski definition) is 2. The van der Waals surface area contributed by atoms with Crippen molar-refractivity contribution in [2.45, 2.75) is 18.8 Å². The third-order valence-corrected chi connectivity index (χ3v) is 3.86. The van der Waals surface area contributed by atoms with Crippen LogP contribution in [0.25, 0.3) is 11.0 Å². The van der Waals surface area contributed by atoms with E-state index in [9.17, 15) is 0 Å². The highest BCUT2D eigenvalue weighted by Crippen LogP contribution is 2.22. The molecule has 0 bridgehead atoms. The number of aryl methyl sites for hydroxylation is 3. The van der Waals surface area contributed by atoms with Gasteiger partial charge in [-0.15, -0.1) is 11.6 Å². The third kappa shape index (κ3) is 2.41. The number of benzene rings is 1. The monoisotopic (exact) mass is 308 g/mol. The quantitative estimate of drug-likeness (QED) is 0.692. The molecule has 0 aliphatic carbocycles. The summed E-state index contributed by atoms with van der Waals surface area (Å²) in [5.41, 5.74) is 1.94. The Labute approximate surface area is 127 Å². The van der Waals surface area contributed by atoms with E-state index in [1.807, 2.05) is 42.2 Å². The lowest BCUT2D eigenvalue weighted by Gasteiger charge is -2.07. The van der Waals surface area contributed by atoms with E-state index in [2.05, 4.69) is 14.5 Å². The number of nitrogens with zero attached hydrogens (tertiary/aromatic N) is 4. The number of hydrogen-bond donors (Lipinski definition) is 0. The van der Waals surface area contributed by atoms with E-state index < -0.39 is 0 Å². The molecular weight excluding hydrogens is 295 g/mol. The Hall–Kier alpha value is -1.52. The van der Waals surface area contributed by atoms with Crippen LogP contribution in [0.3, 0.4) is 0 Å². The summed E-state index contributed by atoms with van der Waals surface area (Å²) in [7, 11) is 2.00. The van der Waals surface area contributed by atoms with Gasteiger partial charge in [0.15, 0.2) is 0 Å². The van der Waals surface area contributed by atoms with Gasteiger partial charge in [0.1, 0.15) is 11.6 Å². The average molecular weight is 309 g/mol. The highest BCUT2D eigenvalue weighted by molar-refractivity contribution is 6.31. The van der Waals surface area contributed by atoms with Gasteiger partial charge in [0.05, 0.1) is 16.9 Å². The molecule has 20 heavy (non-hydrogen) atoms. The number of imidazole rings is 2. The first-order valence-electron chi connectivity index (χ1n) is 6.36. The number of halogens is 2.